The maximum absolute atomic E-state index is 10.8. The quantitative estimate of drug-likeness (QED) is 0.462. The molecule has 1 unspecified atom stereocenters. The molecule has 0 aromatic heterocycles. The maximum atomic E-state index is 10.8. The lowest BCUT2D eigenvalue weighted by molar-refractivity contribution is -0.137. The Morgan fingerprint density at radius 1 is 1.41 bits per heavy atom. The second kappa shape index (κ2) is 9.47. The highest BCUT2D eigenvalue weighted by Crippen LogP contribution is 2.52. The lowest BCUT2D eigenvalue weighted by Crippen LogP contribution is -2.19. The molecule has 1 aromatic rings. The first kappa shape index (κ1) is 21.4. The summed E-state index contributed by atoms with van der Waals surface area (Å²) in [4.78, 5) is 10.8. The Morgan fingerprint density at radius 3 is 2.93 bits per heavy atom. The minimum atomic E-state index is -0.790. The largest absolute Gasteiger partial charge is 0.489 e. The van der Waals surface area contributed by atoms with Gasteiger partial charge in [-0.1, -0.05) is 37.3 Å². The number of aliphatic hydroxyl groups is 2. The predicted molar refractivity (Wildman–Crippen MR) is 111 cm³/mol. The first-order valence-corrected chi connectivity index (χ1v) is 10.4. The van der Waals surface area contributed by atoms with Gasteiger partial charge in [-0.25, -0.2) is 0 Å². The number of aliphatic hydroxyl groups excluding tert-OH is 2. The highest BCUT2D eigenvalue weighted by atomic mass is 16.5. The van der Waals surface area contributed by atoms with Crippen LogP contribution in [0, 0.1) is 23.7 Å². The van der Waals surface area contributed by atoms with Gasteiger partial charge in [0.15, 0.2) is 0 Å². The number of aliphatic carboxylic acids is 1. The molecular formula is C24H30O5. The second-order valence-corrected chi connectivity index (χ2v) is 8.13. The van der Waals surface area contributed by atoms with Crippen molar-refractivity contribution in [1.82, 2.24) is 0 Å². The van der Waals surface area contributed by atoms with Crippen molar-refractivity contribution in [3.63, 3.8) is 0 Å². The van der Waals surface area contributed by atoms with E-state index >= 15 is 0 Å². The van der Waals surface area contributed by atoms with Crippen molar-refractivity contribution in [2.24, 2.45) is 11.8 Å². The average Bonchev–Trinajstić information content (AvgIpc) is 3.19. The van der Waals surface area contributed by atoms with Gasteiger partial charge in [0, 0.05) is 36.7 Å². The highest BCUT2D eigenvalue weighted by Gasteiger charge is 2.48. The van der Waals surface area contributed by atoms with Crippen molar-refractivity contribution in [2.45, 2.75) is 70.2 Å². The lowest BCUT2D eigenvalue weighted by Gasteiger charge is -2.19. The second-order valence-electron chi connectivity index (χ2n) is 8.13. The normalized spacial score (nSPS) is 26.9. The van der Waals surface area contributed by atoms with Crippen LogP contribution >= 0.6 is 0 Å². The first-order chi connectivity index (χ1) is 13.9. The number of para-hydroxylation sites is 1. The van der Waals surface area contributed by atoms with Gasteiger partial charge in [-0.05, 0) is 31.2 Å². The number of carboxylic acid groups (broad SMARTS) is 1. The van der Waals surface area contributed by atoms with E-state index in [1.807, 2.05) is 31.2 Å². The molecule has 2 aliphatic rings. The summed E-state index contributed by atoms with van der Waals surface area (Å²) < 4.78 is 6.21. The molecule has 3 rings (SSSR count). The topological polar surface area (TPSA) is 87.0 Å². The third-order valence-electron chi connectivity index (χ3n) is 6.04. The van der Waals surface area contributed by atoms with Crippen molar-refractivity contribution in [2.75, 3.05) is 0 Å². The molecular weight excluding hydrogens is 368 g/mol. The van der Waals surface area contributed by atoms with E-state index in [0.29, 0.717) is 25.7 Å². The number of rotatable bonds is 8. The van der Waals surface area contributed by atoms with Crippen LogP contribution in [-0.2, 0) is 11.2 Å². The predicted octanol–water partition coefficient (Wildman–Crippen LogP) is 3.29. The molecule has 0 radical (unpaired) electrons. The Bertz CT molecular complexity index is 818. The van der Waals surface area contributed by atoms with Crippen molar-refractivity contribution in [3.8, 4) is 17.6 Å². The fourth-order valence-electron chi connectivity index (χ4n) is 4.41. The number of aryl methyl sites for hydroxylation is 1. The maximum Gasteiger partial charge on any atom is 0.303 e. The highest BCUT2D eigenvalue weighted by molar-refractivity contribution is 5.66. The van der Waals surface area contributed by atoms with Crippen LogP contribution in [0.3, 0.4) is 0 Å². The lowest BCUT2D eigenvalue weighted by atomic mass is 9.86. The number of ether oxygens (including phenoxy) is 1. The summed E-state index contributed by atoms with van der Waals surface area (Å²) >= 11 is 0. The fraction of sp³-hybridized carbons (Fsp3) is 0.542. The Labute approximate surface area is 172 Å². The number of carboxylic acids is 1. The van der Waals surface area contributed by atoms with Gasteiger partial charge < -0.3 is 20.1 Å². The molecule has 29 heavy (non-hydrogen) atoms. The molecule has 1 saturated carbocycles. The zero-order valence-corrected chi connectivity index (χ0v) is 17.0. The molecule has 6 atom stereocenters. The molecule has 1 aliphatic heterocycles. The third kappa shape index (κ3) is 4.83. The Balaban J connectivity index is 1.75. The Hall–Kier alpha value is -2.29. The molecule has 3 N–H and O–H groups in total. The standard InChI is InChI=1S/C24H30O5/c1-3-4-7-15(2)19(25)13-12-17-20(26)14-21-23(17)18-10-5-8-16(24(18)29-21)9-6-11-22(27)28/h5,8,10,12-13,15,17,19-21,23,25-26H,6-7,9,11,14H2,1-2H3,(H,27,28)/t15?,17-,19+,20+,21-,23-/m0/s1. The monoisotopic (exact) mass is 398 g/mol. The summed E-state index contributed by atoms with van der Waals surface area (Å²) in [6.07, 6.45) is 5.07. The minimum Gasteiger partial charge on any atom is -0.489 e. The fourth-order valence-corrected chi connectivity index (χ4v) is 4.41. The van der Waals surface area contributed by atoms with Gasteiger partial charge in [0.05, 0.1) is 12.2 Å². The minimum absolute atomic E-state index is 0.0287. The van der Waals surface area contributed by atoms with E-state index in [0.717, 1.165) is 16.9 Å². The number of hydrogen-bond acceptors (Lipinski definition) is 4. The van der Waals surface area contributed by atoms with E-state index in [1.165, 1.54) is 0 Å². The first-order valence-electron chi connectivity index (χ1n) is 10.4. The van der Waals surface area contributed by atoms with Crippen LogP contribution in [-0.4, -0.2) is 39.6 Å². The molecule has 0 saturated heterocycles. The van der Waals surface area contributed by atoms with Crippen molar-refractivity contribution >= 4 is 5.97 Å². The van der Waals surface area contributed by atoms with Crippen LogP contribution < -0.4 is 4.74 Å². The summed E-state index contributed by atoms with van der Waals surface area (Å²) in [7, 11) is 0. The van der Waals surface area contributed by atoms with Gasteiger partial charge in [-0.2, -0.15) is 0 Å². The zero-order chi connectivity index (χ0) is 21.0. The molecule has 1 heterocycles. The average molecular weight is 398 g/mol. The van der Waals surface area contributed by atoms with E-state index in [2.05, 4.69) is 11.8 Å². The summed E-state index contributed by atoms with van der Waals surface area (Å²) in [5, 5.41) is 29.9. The third-order valence-corrected chi connectivity index (χ3v) is 6.04. The van der Waals surface area contributed by atoms with Gasteiger partial charge in [-0.15, -0.1) is 11.8 Å². The smallest absolute Gasteiger partial charge is 0.303 e. The van der Waals surface area contributed by atoms with Gasteiger partial charge in [0.1, 0.15) is 11.9 Å². The van der Waals surface area contributed by atoms with E-state index in [-0.39, 0.29) is 30.3 Å². The summed E-state index contributed by atoms with van der Waals surface area (Å²) in [5.41, 5.74) is 2.11. The van der Waals surface area contributed by atoms with Crippen LogP contribution in [0.4, 0.5) is 0 Å². The molecule has 1 fully saturated rings. The van der Waals surface area contributed by atoms with E-state index in [9.17, 15) is 15.0 Å². The number of hydrogen-bond donors (Lipinski definition) is 3. The van der Waals surface area contributed by atoms with Gasteiger partial charge in [0.25, 0.3) is 0 Å². The molecule has 1 aliphatic carbocycles. The Morgan fingerprint density at radius 2 is 2.21 bits per heavy atom. The molecule has 0 amide bonds. The van der Waals surface area contributed by atoms with Gasteiger partial charge in [-0.3, -0.25) is 4.79 Å². The summed E-state index contributed by atoms with van der Waals surface area (Å²) in [5.74, 6) is 5.87. The molecule has 0 bridgehead atoms. The molecule has 5 nitrogen and oxygen atoms in total. The van der Waals surface area contributed by atoms with E-state index in [4.69, 9.17) is 9.84 Å². The van der Waals surface area contributed by atoms with Crippen molar-refractivity contribution in [3.05, 3.63) is 41.5 Å². The number of carbonyl (C=O) groups is 1. The molecule has 0 spiro atoms. The number of fused-ring (bicyclic) bond motifs is 3. The SMILES string of the molecule is CC#CCC(C)[C@H](O)C=C[C@@H]1[C@H]2c3cccc(CCCC(=O)O)c3O[C@H]2C[C@H]1O. The van der Waals surface area contributed by atoms with Crippen molar-refractivity contribution in [1.29, 1.82) is 0 Å². The van der Waals surface area contributed by atoms with Crippen LogP contribution in [0.15, 0.2) is 30.4 Å². The summed E-state index contributed by atoms with van der Waals surface area (Å²) in [6, 6.07) is 6.01. The van der Waals surface area contributed by atoms with Crippen LogP contribution in [0.1, 0.15) is 56.6 Å². The summed E-state index contributed by atoms with van der Waals surface area (Å²) in [6.45, 7) is 3.75. The van der Waals surface area contributed by atoms with E-state index < -0.39 is 18.2 Å². The van der Waals surface area contributed by atoms with Crippen molar-refractivity contribution < 1.29 is 24.9 Å². The van der Waals surface area contributed by atoms with Crippen LogP contribution in [0.5, 0.6) is 5.75 Å². The van der Waals surface area contributed by atoms with Gasteiger partial charge >= 0.3 is 5.97 Å². The Kier molecular flexibility index (Phi) is 7.00. The number of benzene rings is 1. The van der Waals surface area contributed by atoms with Gasteiger partial charge in [0.2, 0.25) is 0 Å². The zero-order valence-electron chi connectivity index (χ0n) is 17.0. The molecule has 1 aromatic carbocycles. The molecule has 5 heteroatoms. The molecule has 156 valence electrons. The van der Waals surface area contributed by atoms with Crippen LogP contribution in [0.25, 0.3) is 0 Å². The van der Waals surface area contributed by atoms with Crippen LogP contribution in [0.2, 0.25) is 0 Å². The van der Waals surface area contributed by atoms with E-state index in [1.54, 1.807) is 13.0 Å².